The first-order valence-electron chi connectivity index (χ1n) is 7.61. The van der Waals surface area contributed by atoms with Crippen LogP contribution in [0.25, 0.3) is 0 Å². The monoisotopic (exact) mass is 274 g/mol. The van der Waals surface area contributed by atoms with Crippen LogP contribution in [-0.2, 0) is 0 Å². The van der Waals surface area contributed by atoms with Crippen LogP contribution < -0.4 is 4.90 Å². The summed E-state index contributed by atoms with van der Waals surface area (Å²) in [6.07, 6.45) is 4.03. The fourth-order valence-electron chi connectivity index (χ4n) is 2.29. The number of hydrogen-bond donors (Lipinski definition) is 1. The average molecular weight is 274 g/mol. The van der Waals surface area contributed by atoms with Crippen LogP contribution in [0.4, 0.5) is 5.69 Å². The van der Waals surface area contributed by atoms with Crippen LogP contribution in [-0.4, -0.2) is 18.2 Å². The molecule has 0 amide bonds. The minimum atomic E-state index is -0.511. The van der Waals surface area contributed by atoms with Crippen LogP contribution in [0.3, 0.4) is 0 Å². The Morgan fingerprint density at radius 3 is 2.25 bits per heavy atom. The van der Waals surface area contributed by atoms with Gasteiger partial charge in [-0.3, -0.25) is 0 Å². The Hall–Kier alpha value is -1.53. The lowest BCUT2D eigenvalue weighted by molar-refractivity contribution is 0.199. The molecule has 0 heterocycles. The van der Waals surface area contributed by atoms with E-state index < -0.39 is 6.10 Å². The molecule has 20 heavy (non-hydrogen) atoms. The maximum Gasteiger partial charge on any atom is 0.0992 e. The second kappa shape index (κ2) is 8.60. The number of rotatable bonds is 8. The molecular formula is C17H26N2O. The fraction of sp³-hybridized carbons (Fsp3) is 0.588. The summed E-state index contributed by atoms with van der Waals surface area (Å²) in [5.74, 6) is 0. The van der Waals surface area contributed by atoms with E-state index in [-0.39, 0.29) is 0 Å². The van der Waals surface area contributed by atoms with Crippen LogP contribution in [0.5, 0.6) is 0 Å². The van der Waals surface area contributed by atoms with Gasteiger partial charge in [0.2, 0.25) is 0 Å². The maximum atomic E-state index is 9.96. The zero-order valence-electron chi connectivity index (χ0n) is 12.9. The standard InChI is InChI=1S/C17H26N2O/c1-4-6-10-19(11-7-5-2)17-12-15(13-18)8-9-16(17)14(3)20/h8-9,12,14,20H,4-7,10-11H2,1-3H3/t14-/m0/s1. The Labute approximate surface area is 122 Å². The van der Waals surface area contributed by atoms with E-state index in [1.165, 1.54) is 0 Å². The molecule has 3 heteroatoms. The van der Waals surface area contributed by atoms with E-state index in [4.69, 9.17) is 5.26 Å². The summed E-state index contributed by atoms with van der Waals surface area (Å²) in [5.41, 5.74) is 2.58. The number of aliphatic hydroxyl groups excluding tert-OH is 1. The Morgan fingerprint density at radius 2 is 1.80 bits per heavy atom. The van der Waals surface area contributed by atoms with Gasteiger partial charge in [-0.1, -0.05) is 32.8 Å². The fourth-order valence-corrected chi connectivity index (χ4v) is 2.29. The van der Waals surface area contributed by atoms with E-state index in [1.807, 2.05) is 12.1 Å². The Balaban J connectivity index is 3.10. The van der Waals surface area contributed by atoms with Crippen molar-refractivity contribution in [3.8, 4) is 6.07 Å². The molecule has 1 aromatic carbocycles. The van der Waals surface area contributed by atoms with Gasteiger partial charge in [0.25, 0.3) is 0 Å². The highest BCUT2D eigenvalue weighted by molar-refractivity contribution is 5.58. The zero-order chi connectivity index (χ0) is 15.0. The third kappa shape index (κ3) is 4.54. The van der Waals surface area contributed by atoms with Gasteiger partial charge in [-0.15, -0.1) is 0 Å². The van der Waals surface area contributed by atoms with Crippen molar-refractivity contribution in [1.82, 2.24) is 0 Å². The van der Waals surface area contributed by atoms with Crippen LogP contribution in [0.2, 0.25) is 0 Å². The van der Waals surface area contributed by atoms with Gasteiger partial charge >= 0.3 is 0 Å². The van der Waals surface area contributed by atoms with Crippen molar-refractivity contribution in [1.29, 1.82) is 5.26 Å². The molecule has 110 valence electrons. The number of unbranched alkanes of at least 4 members (excludes halogenated alkanes) is 2. The molecule has 0 radical (unpaired) electrons. The van der Waals surface area contributed by atoms with Crippen molar-refractivity contribution in [2.45, 2.75) is 52.6 Å². The molecule has 0 aliphatic heterocycles. The lowest BCUT2D eigenvalue weighted by Gasteiger charge is -2.28. The first-order valence-corrected chi connectivity index (χ1v) is 7.61. The smallest absolute Gasteiger partial charge is 0.0992 e. The molecule has 0 bridgehead atoms. The third-order valence-corrected chi connectivity index (χ3v) is 3.51. The molecule has 0 spiro atoms. The molecule has 1 N–H and O–H groups in total. The predicted octanol–water partition coefficient (Wildman–Crippen LogP) is 4.02. The summed E-state index contributed by atoms with van der Waals surface area (Å²) in [7, 11) is 0. The van der Waals surface area contributed by atoms with Crippen LogP contribution in [0, 0.1) is 11.3 Å². The van der Waals surface area contributed by atoms with Crippen LogP contribution >= 0.6 is 0 Å². The van der Waals surface area contributed by atoms with E-state index in [0.717, 1.165) is 50.0 Å². The third-order valence-electron chi connectivity index (χ3n) is 3.51. The van der Waals surface area contributed by atoms with Crippen molar-refractivity contribution in [3.05, 3.63) is 29.3 Å². The minimum Gasteiger partial charge on any atom is -0.389 e. The van der Waals surface area contributed by atoms with Gasteiger partial charge in [-0.2, -0.15) is 5.26 Å². The van der Waals surface area contributed by atoms with E-state index in [2.05, 4.69) is 24.8 Å². The lowest BCUT2D eigenvalue weighted by Crippen LogP contribution is -2.27. The second-order valence-electron chi connectivity index (χ2n) is 5.26. The molecule has 0 saturated heterocycles. The zero-order valence-corrected chi connectivity index (χ0v) is 12.9. The molecule has 0 saturated carbocycles. The molecule has 3 nitrogen and oxygen atoms in total. The summed E-state index contributed by atoms with van der Waals surface area (Å²) in [5, 5.41) is 19.1. The van der Waals surface area contributed by atoms with Gasteiger partial charge < -0.3 is 10.0 Å². The Morgan fingerprint density at radius 1 is 1.20 bits per heavy atom. The number of benzene rings is 1. The first kappa shape index (κ1) is 16.5. The largest absolute Gasteiger partial charge is 0.389 e. The summed E-state index contributed by atoms with van der Waals surface area (Å²) in [6.45, 7) is 8.09. The van der Waals surface area contributed by atoms with Crippen molar-refractivity contribution in [2.24, 2.45) is 0 Å². The minimum absolute atomic E-state index is 0.511. The number of aliphatic hydroxyl groups is 1. The summed E-state index contributed by atoms with van der Waals surface area (Å²) >= 11 is 0. The molecule has 0 fully saturated rings. The molecule has 0 aromatic heterocycles. The van der Waals surface area contributed by atoms with Crippen molar-refractivity contribution in [2.75, 3.05) is 18.0 Å². The van der Waals surface area contributed by atoms with Gasteiger partial charge in [0.05, 0.1) is 17.7 Å². The summed E-state index contributed by atoms with van der Waals surface area (Å²) in [6, 6.07) is 7.76. The molecule has 1 atom stereocenters. The molecule has 0 aliphatic rings. The van der Waals surface area contributed by atoms with Gasteiger partial charge in [0.1, 0.15) is 0 Å². The number of hydrogen-bond acceptors (Lipinski definition) is 3. The molecule has 0 aliphatic carbocycles. The number of anilines is 1. The molecular weight excluding hydrogens is 248 g/mol. The lowest BCUT2D eigenvalue weighted by atomic mass is 10.0. The normalized spacial score (nSPS) is 11.9. The molecule has 0 unspecified atom stereocenters. The van der Waals surface area contributed by atoms with Crippen molar-refractivity contribution >= 4 is 5.69 Å². The Bertz CT molecular complexity index is 441. The van der Waals surface area contributed by atoms with E-state index in [9.17, 15) is 5.11 Å². The summed E-state index contributed by atoms with van der Waals surface area (Å²) < 4.78 is 0. The SMILES string of the molecule is CCCCN(CCCC)c1cc(C#N)ccc1[C@H](C)O. The quantitative estimate of drug-likeness (QED) is 0.779. The molecule has 1 aromatic rings. The first-order chi connectivity index (χ1) is 9.63. The summed E-state index contributed by atoms with van der Waals surface area (Å²) in [4.78, 5) is 2.32. The highest BCUT2D eigenvalue weighted by Gasteiger charge is 2.14. The van der Waals surface area contributed by atoms with Crippen molar-refractivity contribution in [3.63, 3.8) is 0 Å². The second-order valence-corrected chi connectivity index (χ2v) is 5.26. The van der Waals surface area contributed by atoms with Gasteiger partial charge in [-0.05, 0) is 31.9 Å². The van der Waals surface area contributed by atoms with E-state index in [1.54, 1.807) is 13.0 Å². The van der Waals surface area contributed by atoms with Crippen LogP contribution in [0.1, 0.15) is 63.7 Å². The maximum absolute atomic E-state index is 9.96. The van der Waals surface area contributed by atoms with Gasteiger partial charge in [0.15, 0.2) is 0 Å². The van der Waals surface area contributed by atoms with E-state index >= 15 is 0 Å². The average Bonchev–Trinajstić information content (AvgIpc) is 2.46. The highest BCUT2D eigenvalue weighted by atomic mass is 16.3. The topological polar surface area (TPSA) is 47.3 Å². The van der Waals surface area contributed by atoms with Crippen molar-refractivity contribution < 1.29 is 5.11 Å². The number of nitrogens with zero attached hydrogens (tertiary/aromatic N) is 2. The number of nitriles is 1. The highest BCUT2D eigenvalue weighted by Crippen LogP contribution is 2.28. The van der Waals surface area contributed by atoms with Gasteiger partial charge in [-0.25, -0.2) is 0 Å². The van der Waals surface area contributed by atoms with Gasteiger partial charge in [0, 0.05) is 24.3 Å². The van der Waals surface area contributed by atoms with Crippen LogP contribution in [0.15, 0.2) is 18.2 Å². The predicted molar refractivity (Wildman–Crippen MR) is 83.8 cm³/mol. The molecule has 1 rings (SSSR count). The Kier molecular flexibility index (Phi) is 7.11. The van der Waals surface area contributed by atoms with E-state index in [0.29, 0.717) is 5.56 Å².